The molecule has 28 heavy (non-hydrogen) atoms. The van der Waals surface area contributed by atoms with Gasteiger partial charge in [0, 0.05) is 45.3 Å². The van der Waals surface area contributed by atoms with Gasteiger partial charge in [-0.3, -0.25) is 9.80 Å². The lowest BCUT2D eigenvalue weighted by atomic mass is 10.0. The predicted octanol–water partition coefficient (Wildman–Crippen LogP) is 3.58. The van der Waals surface area contributed by atoms with Gasteiger partial charge in [-0.15, -0.1) is 0 Å². The monoisotopic (exact) mass is 381 g/mol. The number of ether oxygens (including phenoxy) is 1. The van der Waals surface area contributed by atoms with Crippen LogP contribution in [0.4, 0.5) is 4.79 Å². The number of amides is 1. The van der Waals surface area contributed by atoms with Gasteiger partial charge in [0.05, 0.1) is 6.61 Å². The van der Waals surface area contributed by atoms with E-state index < -0.39 is 0 Å². The molecule has 0 spiro atoms. The summed E-state index contributed by atoms with van der Waals surface area (Å²) in [6.45, 7) is 9.06. The van der Waals surface area contributed by atoms with E-state index in [0.29, 0.717) is 12.6 Å². The molecule has 1 amide bonds. The molecule has 2 aliphatic heterocycles. The number of benzene rings is 2. The Kier molecular flexibility index (Phi) is 6.13. The molecule has 5 nitrogen and oxygen atoms in total. The zero-order chi connectivity index (χ0) is 19.3. The second-order valence-corrected chi connectivity index (χ2v) is 7.89. The molecule has 0 radical (unpaired) electrons. The van der Waals surface area contributed by atoms with Crippen molar-refractivity contribution >= 4 is 16.9 Å². The second kappa shape index (κ2) is 8.93. The highest BCUT2D eigenvalue weighted by Gasteiger charge is 2.29. The molecule has 5 heteroatoms. The van der Waals surface area contributed by atoms with Crippen molar-refractivity contribution in [2.75, 3.05) is 45.9 Å². The molecule has 0 bridgehead atoms. The minimum atomic E-state index is -0.164. The molecule has 0 N–H and O–H groups in total. The van der Waals surface area contributed by atoms with E-state index in [9.17, 15) is 4.79 Å². The topological polar surface area (TPSA) is 36.0 Å². The number of carbonyl (C=O) groups is 1. The smallest absolute Gasteiger partial charge is 0.409 e. The van der Waals surface area contributed by atoms with Crippen LogP contribution in [0, 0.1) is 0 Å². The Morgan fingerprint density at radius 3 is 2.64 bits per heavy atom. The summed E-state index contributed by atoms with van der Waals surface area (Å²) in [6, 6.07) is 15.9. The lowest BCUT2D eigenvalue weighted by Crippen LogP contribution is -2.55. The molecule has 2 aliphatic rings. The number of piperazine rings is 1. The average Bonchev–Trinajstić information content (AvgIpc) is 2.75. The van der Waals surface area contributed by atoms with Gasteiger partial charge in [-0.25, -0.2) is 4.79 Å². The Balaban J connectivity index is 1.35. The number of likely N-dealkylation sites (tertiary alicyclic amines) is 1. The molecule has 2 heterocycles. The van der Waals surface area contributed by atoms with E-state index >= 15 is 0 Å². The fourth-order valence-electron chi connectivity index (χ4n) is 4.63. The van der Waals surface area contributed by atoms with E-state index in [1.165, 1.54) is 35.7 Å². The number of fused-ring (bicyclic) bond motifs is 1. The highest BCUT2D eigenvalue weighted by molar-refractivity contribution is 5.85. The van der Waals surface area contributed by atoms with Crippen LogP contribution in [0.25, 0.3) is 10.8 Å². The molecule has 0 aromatic heterocycles. The van der Waals surface area contributed by atoms with Crippen molar-refractivity contribution in [2.24, 2.45) is 0 Å². The van der Waals surface area contributed by atoms with Gasteiger partial charge in [0.2, 0.25) is 0 Å². The summed E-state index contributed by atoms with van der Waals surface area (Å²) < 4.78 is 5.14. The van der Waals surface area contributed by atoms with Gasteiger partial charge in [-0.1, -0.05) is 42.5 Å². The van der Waals surface area contributed by atoms with Gasteiger partial charge in [0.1, 0.15) is 0 Å². The van der Waals surface area contributed by atoms with Crippen molar-refractivity contribution in [3.05, 3.63) is 48.0 Å². The van der Waals surface area contributed by atoms with Crippen molar-refractivity contribution < 1.29 is 9.53 Å². The SMILES string of the molecule is CCOC(=O)N1CCN([C@@H]2CCCN(Cc3cccc4ccccc34)C2)CC1. The largest absolute Gasteiger partial charge is 0.450 e. The van der Waals surface area contributed by atoms with Crippen LogP contribution in [0.5, 0.6) is 0 Å². The molecule has 2 aromatic carbocycles. The Bertz CT molecular complexity index is 796. The zero-order valence-corrected chi connectivity index (χ0v) is 16.8. The van der Waals surface area contributed by atoms with E-state index in [2.05, 4.69) is 52.3 Å². The van der Waals surface area contributed by atoms with E-state index in [-0.39, 0.29) is 6.09 Å². The van der Waals surface area contributed by atoms with Gasteiger partial charge in [0.25, 0.3) is 0 Å². The van der Waals surface area contributed by atoms with Gasteiger partial charge < -0.3 is 9.64 Å². The summed E-state index contributed by atoms with van der Waals surface area (Å²) in [7, 11) is 0. The van der Waals surface area contributed by atoms with Crippen LogP contribution in [-0.4, -0.2) is 72.7 Å². The maximum absolute atomic E-state index is 11.9. The third-order valence-corrected chi connectivity index (χ3v) is 6.11. The fourth-order valence-corrected chi connectivity index (χ4v) is 4.63. The molecule has 4 rings (SSSR count). The fraction of sp³-hybridized carbons (Fsp3) is 0.522. The summed E-state index contributed by atoms with van der Waals surface area (Å²) >= 11 is 0. The second-order valence-electron chi connectivity index (χ2n) is 7.89. The molecule has 2 aromatic rings. The van der Waals surface area contributed by atoms with Crippen LogP contribution >= 0.6 is 0 Å². The predicted molar refractivity (Wildman–Crippen MR) is 112 cm³/mol. The quantitative estimate of drug-likeness (QED) is 0.811. The van der Waals surface area contributed by atoms with Crippen LogP contribution in [0.1, 0.15) is 25.3 Å². The molecule has 1 atom stereocenters. The van der Waals surface area contributed by atoms with E-state index in [4.69, 9.17) is 4.74 Å². The van der Waals surface area contributed by atoms with E-state index in [1.54, 1.807) is 0 Å². The number of rotatable bonds is 4. The van der Waals surface area contributed by atoms with Crippen LogP contribution in [0.2, 0.25) is 0 Å². The third-order valence-electron chi connectivity index (χ3n) is 6.11. The van der Waals surface area contributed by atoms with Crippen LogP contribution in [0.15, 0.2) is 42.5 Å². The summed E-state index contributed by atoms with van der Waals surface area (Å²) in [6.07, 6.45) is 2.34. The lowest BCUT2D eigenvalue weighted by molar-refractivity contribution is 0.0413. The number of hydrogen-bond acceptors (Lipinski definition) is 4. The first-order chi connectivity index (χ1) is 13.7. The van der Waals surface area contributed by atoms with Gasteiger partial charge in [-0.2, -0.15) is 0 Å². The molecule has 0 saturated carbocycles. The Hall–Kier alpha value is -2.11. The van der Waals surface area contributed by atoms with Gasteiger partial charge >= 0.3 is 6.09 Å². The van der Waals surface area contributed by atoms with Gasteiger partial charge in [-0.05, 0) is 42.6 Å². The minimum absolute atomic E-state index is 0.164. The van der Waals surface area contributed by atoms with Crippen molar-refractivity contribution in [3.8, 4) is 0 Å². The minimum Gasteiger partial charge on any atom is -0.450 e. The Morgan fingerprint density at radius 1 is 1.04 bits per heavy atom. The van der Waals surface area contributed by atoms with Crippen LogP contribution in [0.3, 0.4) is 0 Å². The lowest BCUT2D eigenvalue weighted by Gasteiger charge is -2.43. The van der Waals surface area contributed by atoms with Crippen LogP contribution in [-0.2, 0) is 11.3 Å². The zero-order valence-electron chi connectivity index (χ0n) is 16.8. The summed E-state index contributed by atoms with van der Waals surface area (Å²) in [4.78, 5) is 18.9. The highest BCUT2D eigenvalue weighted by Crippen LogP contribution is 2.23. The normalized spacial score (nSPS) is 21.8. The van der Waals surface area contributed by atoms with Crippen LogP contribution < -0.4 is 0 Å². The molecule has 0 unspecified atom stereocenters. The molecule has 0 aliphatic carbocycles. The summed E-state index contributed by atoms with van der Waals surface area (Å²) in [5.74, 6) is 0. The Labute approximate surface area is 167 Å². The first-order valence-electron chi connectivity index (χ1n) is 10.6. The molecular weight excluding hydrogens is 350 g/mol. The van der Waals surface area contributed by atoms with E-state index in [1.807, 2.05) is 11.8 Å². The van der Waals surface area contributed by atoms with Crippen molar-refractivity contribution in [1.82, 2.24) is 14.7 Å². The van der Waals surface area contributed by atoms with E-state index in [0.717, 1.165) is 39.3 Å². The first kappa shape index (κ1) is 19.2. The molecule has 2 fully saturated rings. The van der Waals surface area contributed by atoms with Crippen molar-refractivity contribution in [2.45, 2.75) is 32.4 Å². The standard InChI is InChI=1S/C23H31N3O2/c1-2-28-23(27)26-15-13-25(14-16-26)21-10-6-12-24(18-21)17-20-9-5-8-19-7-3-4-11-22(19)20/h3-5,7-9,11,21H,2,6,10,12-18H2,1H3/t21-/m1/s1. The number of nitrogens with zero attached hydrogens (tertiary/aromatic N) is 3. The van der Waals surface area contributed by atoms with Crippen molar-refractivity contribution in [3.63, 3.8) is 0 Å². The maximum Gasteiger partial charge on any atom is 0.409 e. The highest BCUT2D eigenvalue weighted by atomic mass is 16.6. The molecule has 150 valence electrons. The number of hydrogen-bond donors (Lipinski definition) is 0. The number of piperidine rings is 1. The summed E-state index contributed by atoms with van der Waals surface area (Å²) in [5.41, 5.74) is 1.42. The Morgan fingerprint density at radius 2 is 1.82 bits per heavy atom. The third kappa shape index (κ3) is 4.31. The average molecular weight is 382 g/mol. The van der Waals surface area contributed by atoms with Gasteiger partial charge in [0.15, 0.2) is 0 Å². The number of carbonyl (C=O) groups excluding carboxylic acids is 1. The molecule has 2 saturated heterocycles. The molecular formula is C23H31N3O2. The maximum atomic E-state index is 11.9. The summed E-state index contributed by atoms with van der Waals surface area (Å²) in [5, 5.41) is 2.69. The van der Waals surface area contributed by atoms with Crippen molar-refractivity contribution in [1.29, 1.82) is 0 Å². The first-order valence-corrected chi connectivity index (χ1v) is 10.6.